The van der Waals surface area contributed by atoms with E-state index in [1.807, 2.05) is 12.1 Å². The average molecular weight is 490 g/mol. The number of aromatic nitrogens is 1. The Morgan fingerprint density at radius 3 is 2.53 bits per heavy atom. The Bertz CT molecular complexity index is 1220. The maximum atomic E-state index is 13.4. The van der Waals surface area contributed by atoms with Crippen LogP contribution in [0.25, 0.3) is 0 Å². The number of benzene rings is 2. The molecule has 1 atom stereocenters. The van der Waals surface area contributed by atoms with Gasteiger partial charge in [-0.05, 0) is 66.9 Å². The molecule has 1 amide bonds. The minimum absolute atomic E-state index is 0.177. The molecule has 1 saturated heterocycles. The highest BCUT2D eigenvalue weighted by atomic mass is 35.5. The normalized spacial score (nSPS) is 17.1. The van der Waals surface area contributed by atoms with Crippen LogP contribution in [-0.2, 0) is 10.0 Å². The predicted octanol–water partition coefficient (Wildman–Crippen LogP) is 5.56. The lowest BCUT2D eigenvalue weighted by atomic mass is 9.99. The summed E-state index contributed by atoms with van der Waals surface area (Å²) < 4.78 is 28.3. The van der Waals surface area contributed by atoms with Crippen molar-refractivity contribution in [2.24, 2.45) is 0 Å². The molecule has 32 heavy (non-hydrogen) atoms. The van der Waals surface area contributed by atoms with Crippen molar-refractivity contribution < 1.29 is 13.2 Å². The van der Waals surface area contributed by atoms with Crippen LogP contribution in [0.2, 0.25) is 10.0 Å². The van der Waals surface area contributed by atoms with Gasteiger partial charge < -0.3 is 5.32 Å². The molecule has 2 aromatic carbocycles. The number of amides is 1. The highest BCUT2D eigenvalue weighted by molar-refractivity contribution is 7.89. The summed E-state index contributed by atoms with van der Waals surface area (Å²) in [6.45, 7) is 0.454. The van der Waals surface area contributed by atoms with E-state index in [1.165, 1.54) is 24.3 Å². The Balaban J connectivity index is 1.54. The summed E-state index contributed by atoms with van der Waals surface area (Å²) >= 11 is 12.0. The molecule has 0 unspecified atom stereocenters. The minimum atomic E-state index is -3.71. The molecule has 3 aromatic rings. The van der Waals surface area contributed by atoms with Crippen molar-refractivity contribution in [1.29, 1.82) is 0 Å². The van der Waals surface area contributed by atoms with E-state index in [1.54, 1.807) is 34.9 Å². The van der Waals surface area contributed by atoms with Gasteiger partial charge in [0, 0.05) is 29.6 Å². The van der Waals surface area contributed by atoms with Crippen molar-refractivity contribution >= 4 is 44.8 Å². The third-order valence-corrected chi connectivity index (χ3v) is 7.89. The minimum Gasteiger partial charge on any atom is -0.322 e. The van der Waals surface area contributed by atoms with Crippen molar-refractivity contribution in [3.63, 3.8) is 0 Å². The second-order valence-electron chi connectivity index (χ2n) is 7.52. The molecule has 0 spiro atoms. The third kappa shape index (κ3) is 4.81. The number of nitrogens with one attached hydrogen (secondary N) is 1. The van der Waals surface area contributed by atoms with Crippen LogP contribution in [0.3, 0.4) is 0 Å². The van der Waals surface area contributed by atoms with Crippen molar-refractivity contribution in [3.05, 3.63) is 88.2 Å². The van der Waals surface area contributed by atoms with Crippen molar-refractivity contribution in [2.75, 3.05) is 11.9 Å². The summed E-state index contributed by atoms with van der Waals surface area (Å²) in [4.78, 5) is 16.8. The van der Waals surface area contributed by atoms with E-state index in [0.717, 1.165) is 24.8 Å². The molecule has 1 N–H and O–H groups in total. The summed E-state index contributed by atoms with van der Waals surface area (Å²) in [5.74, 6) is -0.407. The summed E-state index contributed by atoms with van der Waals surface area (Å²) in [5, 5.41) is 3.40. The van der Waals surface area contributed by atoms with Crippen LogP contribution in [0, 0.1) is 0 Å². The van der Waals surface area contributed by atoms with Crippen LogP contribution < -0.4 is 5.32 Å². The number of hydrogen-bond acceptors (Lipinski definition) is 4. The van der Waals surface area contributed by atoms with Gasteiger partial charge in [-0.1, -0.05) is 35.7 Å². The number of halogens is 2. The van der Waals surface area contributed by atoms with E-state index in [-0.39, 0.29) is 21.5 Å². The number of carbonyl (C=O) groups excluding carboxylic acids is 1. The zero-order valence-corrected chi connectivity index (χ0v) is 19.4. The van der Waals surface area contributed by atoms with E-state index in [2.05, 4.69) is 10.3 Å². The summed E-state index contributed by atoms with van der Waals surface area (Å²) in [5.41, 5.74) is 1.63. The van der Waals surface area contributed by atoms with Crippen LogP contribution in [0.4, 0.5) is 5.69 Å². The molecule has 0 bridgehead atoms. The maximum Gasteiger partial charge on any atom is 0.257 e. The highest BCUT2D eigenvalue weighted by Crippen LogP contribution is 2.35. The Morgan fingerprint density at radius 1 is 1.06 bits per heavy atom. The number of pyridine rings is 1. The van der Waals surface area contributed by atoms with Crippen LogP contribution >= 0.6 is 23.2 Å². The number of rotatable bonds is 5. The number of carbonyl (C=O) groups is 1. The van der Waals surface area contributed by atoms with E-state index in [4.69, 9.17) is 23.2 Å². The molecule has 6 nitrogen and oxygen atoms in total. The van der Waals surface area contributed by atoms with Crippen LogP contribution in [0.5, 0.6) is 0 Å². The molecule has 1 aliphatic heterocycles. The van der Waals surface area contributed by atoms with E-state index < -0.39 is 15.9 Å². The summed E-state index contributed by atoms with van der Waals surface area (Å²) in [7, 11) is -3.71. The molecule has 4 rings (SSSR count). The molecule has 2 heterocycles. The lowest BCUT2D eigenvalue weighted by molar-refractivity contribution is 0.102. The SMILES string of the molecule is O=C(Nc1ccc(S(=O)(=O)N2CCCC[C@H]2c2cccnc2)cc1)c1ccc(Cl)cc1Cl. The number of piperidine rings is 1. The fourth-order valence-corrected chi connectivity index (χ4v) is 5.99. The van der Waals surface area contributed by atoms with Gasteiger partial charge in [0.2, 0.25) is 10.0 Å². The molecule has 1 fully saturated rings. The van der Waals surface area contributed by atoms with Gasteiger partial charge in [0.15, 0.2) is 0 Å². The first kappa shape index (κ1) is 22.7. The number of nitrogens with zero attached hydrogens (tertiary/aromatic N) is 2. The average Bonchev–Trinajstić information content (AvgIpc) is 2.80. The second-order valence-corrected chi connectivity index (χ2v) is 10.3. The van der Waals surface area contributed by atoms with Gasteiger partial charge in [0.1, 0.15) is 0 Å². The second kappa shape index (κ2) is 9.58. The Hall–Kier alpha value is -2.45. The first-order valence-electron chi connectivity index (χ1n) is 10.1. The van der Waals surface area contributed by atoms with Crippen LogP contribution in [-0.4, -0.2) is 30.2 Å². The first-order valence-corrected chi connectivity index (χ1v) is 12.3. The number of sulfonamides is 1. The van der Waals surface area contributed by atoms with Gasteiger partial charge in [-0.2, -0.15) is 4.31 Å². The topological polar surface area (TPSA) is 79.4 Å². The fourth-order valence-electron chi connectivity index (χ4n) is 3.82. The monoisotopic (exact) mass is 489 g/mol. The largest absolute Gasteiger partial charge is 0.322 e. The molecule has 0 radical (unpaired) electrons. The van der Waals surface area contributed by atoms with Crippen molar-refractivity contribution in [3.8, 4) is 0 Å². The van der Waals surface area contributed by atoms with E-state index in [9.17, 15) is 13.2 Å². The van der Waals surface area contributed by atoms with Crippen LogP contribution in [0.1, 0.15) is 41.2 Å². The molecule has 1 aliphatic rings. The number of hydrogen-bond donors (Lipinski definition) is 1. The number of anilines is 1. The zero-order chi connectivity index (χ0) is 22.7. The van der Waals surface area contributed by atoms with Gasteiger partial charge >= 0.3 is 0 Å². The molecular weight excluding hydrogens is 469 g/mol. The molecular formula is C23H21Cl2N3O3S. The maximum absolute atomic E-state index is 13.4. The van der Waals surface area contributed by atoms with Gasteiger partial charge in [0.05, 0.1) is 21.5 Å². The van der Waals surface area contributed by atoms with Crippen LogP contribution in [0.15, 0.2) is 71.9 Å². The molecule has 0 aliphatic carbocycles. The smallest absolute Gasteiger partial charge is 0.257 e. The lowest BCUT2D eigenvalue weighted by Gasteiger charge is -2.34. The molecule has 9 heteroatoms. The van der Waals surface area contributed by atoms with Crippen molar-refractivity contribution in [1.82, 2.24) is 9.29 Å². The quantitative estimate of drug-likeness (QED) is 0.508. The molecule has 166 valence electrons. The zero-order valence-electron chi connectivity index (χ0n) is 17.0. The summed E-state index contributed by atoms with van der Waals surface area (Å²) in [6, 6.07) is 14.2. The Kier molecular flexibility index (Phi) is 6.81. The fraction of sp³-hybridized carbons (Fsp3) is 0.217. The van der Waals surface area contributed by atoms with Gasteiger partial charge in [-0.25, -0.2) is 8.42 Å². The van der Waals surface area contributed by atoms with Crippen molar-refractivity contribution in [2.45, 2.75) is 30.2 Å². The van der Waals surface area contributed by atoms with E-state index in [0.29, 0.717) is 17.3 Å². The highest BCUT2D eigenvalue weighted by Gasteiger charge is 2.34. The third-order valence-electron chi connectivity index (χ3n) is 5.42. The van der Waals surface area contributed by atoms with E-state index >= 15 is 0 Å². The van der Waals surface area contributed by atoms with Gasteiger partial charge in [0.25, 0.3) is 5.91 Å². The standard InChI is InChI=1S/C23H21Cl2N3O3S/c24-17-6-11-20(21(25)14-17)23(29)27-18-7-9-19(10-8-18)32(30,31)28-13-2-1-5-22(28)16-4-3-12-26-15-16/h3-4,6-12,14-15,22H,1-2,5,13H2,(H,27,29)/t22-/m0/s1. The Labute approximate surface area is 197 Å². The van der Waals surface area contributed by atoms with Gasteiger partial charge in [-0.3, -0.25) is 9.78 Å². The summed E-state index contributed by atoms with van der Waals surface area (Å²) in [6.07, 6.45) is 5.92. The first-order chi connectivity index (χ1) is 15.4. The molecule has 0 saturated carbocycles. The predicted molar refractivity (Wildman–Crippen MR) is 126 cm³/mol. The molecule has 1 aromatic heterocycles. The van der Waals surface area contributed by atoms with Gasteiger partial charge in [-0.15, -0.1) is 0 Å². The Morgan fingerprint density at radius 2 is 1.84 bits per heavy atom. The lowest BCUT2D eigenvalue weighted by Crippen LogP contribution is -2.38.